The fourth-order valence-corrected chi connectivity index (χ4v) is 3.75. The molecule has 1 aliphatic carbocycles. The lowest BCUT2D eigenvalue weighted by Crippen LogP contribution is -2.46. The SMILES string of the molecule is O=C(O)[C@@H]1C[C@@H]2CCCC[C@@H]2N1C(=O)c1ccc(F)c(F)c1. The van der Waals surface area contributed by atoms with Gasteiger partial charge in [-0.2, -0.15) is 0 Å². The van der Waals surface area contributed by atoms with E-state index < -0.39 is 29.6 Å². The zero-order chi connectivity index (χ0) is 15.9. The van der Waals surface area contributed by atoms with Crippen LogP contribution in [0.25, 0.3) is 0 Å². The molecule has 1 saturated heterocycles. The highest BCUT2D eigenvalue weighted by Crippen LogP contribution is 2.40. The van der Waals surface area contributed by atoms with Crippen molar-refractivity contribution in [2.45, 2.75) is 44.2 Å². The summed E-state index contributed by atoms with van der Waals surface area (Å²) in [7, 11) is 0. The number of hydrogen-bond acceptors (Lipinski definition) is 2. The summed E-state index contributed by atoms with van der Waals surface area (Å²) in [5.74, 6) is -3.50. The number of hydrogen-bond donors (Lipinski definition) is 1. The first-order valence-electron chi connectivity index (χ1n) is 7.49. The van der Waals surface area contributed by atoms with E-state index in [1.54, 1.807) is 0 Å². The average Bonchev–Trinajstić information content (AvgIpc) is 2.89. The van der Waals surface area contributed by atoms with Crippen molar-refractivity contribution in [2.24, 2.45) is 5.92 Å². The second kappa shape index (κ2) is 5.66. The van der Waals surface area contributed by atoms with Gasteiger partial charge in [0.1, 0.15) is 6.04 Å². The van der Waals surface area contributed by atoms with Gasteiger partial charge in [0.05, 0.1) is 0 Å². The van der Waals surface area contributed by atoms with Crippen molar-refractivity contribution in [3.63, 3.8) is 0 Å². The van der Waals surface area contributed by atoms with E-state index in [1.807, 2.05) is 0 Å². The highest BCUT2D eigenvalue weighted by atomic mass is 19.2. The smallest absolute Gasteiger partial charge is 0.326 e. The molecule has 1 aliphatic heterocycles. The maximum atomic E-state index is 13.4. The van der Waals surface area contributed by atoms with Crippen LogP contribution in [0.5, 0.6) is 0 Å². The number of fused-ring (bicyclic) bond motifs is 1. The highest BCUT2D eigenvalue weighted by molar-refractivity contribution is 5.97. The van der Waals surface area contributed by atoms with Crippen LogP contribution in [0.3, 0.4) is 0 Å². The van der Waals surface area contributed by atoms with E-state index in [-0.39, 0.29) is 17.5 Å². The van der Waals surface area contributed by atoms with Crippen molar-refractivity contribution in [1.29, 1.82) is 0 Å². The molecule has 2 fully saturated rings. The first-order valence-corrected chi connectivity index (χ1v) is 7.49. The summed E-state index contributed by atoms with van der Waals surface area (Å²) < 4.78 is 26.4. The van der Waals surface area contributed by atoms with E-state index in [9.17, 15) is 23.5 Å². The lowest BCUT2D eigenvalue weighted by molar-refractivity contribution is -0.141. The summed E-state index contributed by atoms with van der Waals surface area (Å²) in [4.78, 5) is 25.5. The number of carbonyl (C=O) groups is 2. The molecule has 118 valence electrons. The molecule has 1 amide bonds. The normalized spacial score (nSPS) is 27.5. The minimum atomic E-state index is -1.10. The largest absolute Gasteiger partial charge is 0.480 e. The van der Waals surface area contributed by atoms with Gasteiger partial charge in [0.2, 0.25) is 0 Å². The molecule has 1 heterocycles. The van der Waals surface area contributed by atoms with Crippen LogP contribution in [-0.2, 0) is 4.79 Å². The van der Waals surface area contributed by atoms with Crippen LogP contribution in [0, 0.1) is 17.6 Å². The number of amides is 1. The Morgan fingerprint density at radius 1 is 1.14 bits per heavy atom. The topological polar surface area (TPSA) is 57.6 Å². The molecule has 1 saturated carbocycles. The summed E-state index contributed by atoms with van der Waals surface area (Å²) in [6, 6.07) is 1.94. The Morgan fingerprint density at radius 3 is 2.55 bits per heavy atom. The first-order chi connectivity index (χ1) is 10.5. The van der Waals surface area contributed by atoms with Crippen LogP contribution in [0.15, 0.2) is 18.2 Å². The third-order valence-corrected chi connectivity index (χ3v) is 4.77. The summed E-state index contributed by atoms with van der Waals surface area (Å²) in [5, 5.41) is 9.40. The summed E-state index contributed by atoms with van der Waals surface area (Å²) in [6.07, 6.45) is 4.12. The molecule has 0 unspecified atom stereocenters. The Morgan fingerprint density at radius 2 is 1.86 bits per heavy atom. The minimum Gasteiger partial charge on any atom is -0.480 e. The molecule has 3 rings (SSSR count). The molecule has 0 bridgehead atoms. The summed E-state index contributed by atoms with van der Waals surface area (Å²) in [5.41, 5.74) is -0.00336. The van der Waals surface area contributed by atoms with Gasteiger partial charge in [-0.1, -0.05) is 12.8 Å². The average molecular weight is 309 g/mol. The Kier molecular flexibility index (Phi) is 3.85. The van der Waals surface area contributed by atoms with Crippen molar-refractivity contribution in [3.8, 4) is 0 Å². The monoisotopic (exact) mass is 309 g/mol. The molecule has 2 aliphatic rings. The lowest BCUT2D eigenvalue weighted by Gasteiger charge is -2.33. The Labute approximate surface area is 126 Å². The molecule has 1 aromatic carbocycles. The molecular weight excluding hydrogens is 292 g/mol. The summed E-state index contributed by atoms with van der Waals surface area (Å²) >= 11 is 0. The van der Waals surface area contributed by atoms with Gasteiger partial charge in [-0.05, 0) is 43.4 Å². The van der Waals surface area contributed by atoms with Crippen molar-refractivity contribution in [2.75, 3.05) is 0 Å². The number of aliphatic carboxylic acids is 1. The molecule has 1 aromatic rings. The number of benzene rings is 1. The van der Waals surface area contributed by atoms with Crippen molar-refractivity contribution in [3.05, 3.63) is 35.4 Å². The zero-order valence-electron chi connectivity index (χ0n) is 12.0. The molecule has 0 aromatic heterocycles. The van der Waals surface area contributed by atoms with Crippen LogP contribution in [0.1, 0.15) is 42.5 Å². The fourth-order valence-electron chi connectivity index (χ4n) is 3.75. The molecule has 22 heavy (non-hydrogen) atoms. The molecule has 3 atom stereocenters. The first kappa shape index (κ1) is 14.9. The Bertz CT molecular complexity index is 619. The van der Waals surface area contributed by atoms with Gasteiger partial charge in [-0.25, -0.2) is 13.6 Å². The predicted octanol–water partition coefficient (Wildman–Crippen LogP) is 2.82. The van der Waals surface area contributed by atoms with Crippen LogP contribution in [0.2, 0.25) is 0 Å². The van der Waals surface area contributed by atoms with Gasteiger partial charge in [0.15, 0.2) is 11.6 Å². The Balaban J connectivity index is 1.93. The molecule has 4 nitrogen and oxygen atoms in total. The van der Waals surface area contributed by atoms with Crippen molar-refractivity contribution >= 4 is 11.9 Å². The zero-order valence-corrected chi connectivity index (χ0v) is 12.0. The number of carbonyl (C=O) groups excluding carboxylic acids is 1. The second-order valence-corrected chi connectivity index (χ2v) is 6.04. The maximum Gasteiger partial charge on any atom is 0.326 e. The number of halogens is 2. The highest BCUT2D eigenvalue weighted by Gasteiger charge is 2.47. The summed E-state index contributed by atoms with van der Waals surface area (Å²) in [6.45, 7) is 0. The van der Waals surface area contributed by atoms with Crippen LogP contribution in [-0.4, -0.2) is 34.0 Å². The van der Waals surface area contributed by atoms with Gasteiger partial charge in [0, 0.05) is 11.6 Å². The molecule has 1 N–H and O–H groups in total. The molecule has 0 radical (unpaired) electrons. The quantitative estimate of drug-likeness (QED) is 0.914. The lowest BCUT2D eigenvalue weighted by atomic mass is 9.84. The van der Waals surface area contributed by atoms with Gasteiger partial charge < -0.3 is 10.0 Å². The number of carboxylic acids is 1. The predicted molar refractivity (Wildman–Crippen MR) is 74.3 cm³/mol. The molecular formula is C16H17F2NO3. The number of likely N-dealkylation sites (tertiary alicyclic amines) is 1. The fraction of sp³-hybridized carbons (Fsp3) is 0.500. The van der Waals surface area contributed by atoms with Gasteiger partial charge in [-0.3, -0.25) is 4.79 Å². The van der Waals surface area contributed by atoms with E-state index in [2.05, 4.69) is 0 Å². The number of nitrogens with zero attached hydrogens (tertiary/aromatic N) is 1. The third-order valence-electron chi connectivity index (χ3n) is 4.77. The standard InChI is InChI=1S/C16H17F2NO3/c17-11-6-5-10(7-12(11)18)15(20)19-13-4-2-1-3-9(13)8-14(19)16(21)22/h5-7,9,13-14H,1-4,8H2,(H,21,22)/t9-,13-,14-/m0/s1. The maximum absolute atomic E-state index is 13.4. The van der Waals surface area contributed by atoms with Crippen LogP contribution in [0.4, 0.5) is 8.78 Å². The number of carboxylic acid groups (broad SMARTS) is 1. The minimum absolute atomic E-state index is 0.00336. The van der Waals surface area contributed by atoms with E-state index in [4.69, 9.17) is 0 Å². The third kappa shape index (κ3) is 2.46. The molecule has 0 spiro atoms. The van der Waals surface area contributed by atoms with Crippen LogP contribution >= 0.6 is 0 Å². The van der Waals surface area contributed by atoms with E-state index in [0.717, 1.165) is 37.8 Å². The van der Waals surface area contributed by atoms with Crippen molar-refractivity contribution < 1.29 is 23.5 Å². The van der Waals surface area contributed by atoms with Gasteiger partial charge in [-0.15, -0.1) is 0 Å². The van der Waals surface area contributed by atoms with E-state index >= 15 is 0 Å². The molecule has 6 heteroatoms. The van der Waals surface area contributed by atoms with E-state index in [0.29, 0.717) is 6.42 Å². The second-order valence-electron chi connectivity index (χ2n) is 6.04. The Hall–Kier alpha value is -1.98. The van der Waals surface area contributed by atoms with E-state index in [1.165, 1.54) is 11.0 Å². The van der Waals surface area contributed by atoms with Crippen LogP contribution < -0.4 is 0 Å². The number of rotatable bonds is 2. The van der Waals surface area contributed by atoms with Crippen molar-refractivity contribution in [1.82, 2.24) is 4.90 Å². The van der Waals surface area contributed by atoms with Gasteiger partial charge >= 0.3 is 5.97 Å². The van der Waals surface area contributed by atoms with Gasteiger partial charge in [0.25, 0.3) is 5.91 Å².